The molecule has 1 heterocycles. The van der Waals surface area contributed by atoms with Crippen LogP contribution in [0.15, 0.2) is 41.4 Å². The molecule has 0 atom stereocenters. The van der Waals surface area contributed by atoms with Crippen molar-refractivity contribution in [3.05, 3.63) is 47.1 Å². The standard InChI is InChI=1S/C12H9BrN4/c1-2-7-17-12(11(8-14)15-16-17)9-3-5-10(13)6-4-9/h2-6H,1,7H2. The minimum absolute atomic E-state index is 0.328. The fourth-order valence-electron chi connectivity index (χ4n) is 1.53. The smallest absolute Gasteiger partial charge is 0.190 e. The molecule has 0 aliphatic carbocycles. The van der Waals surface area contributed by atoms with Gasteiger partial charge in [0.05, 0.1) is 6.54 Å². The number of hydrogen-bond acceptors (Lipinski definition) is 3. The van der Waals surface area contributed by atoms with Gasteiger partial charge in [-0.15, -0.1) is 11.7 Å². The predicted molar refractivity (Wildman–Crippen MR) is 68.1 cm³/mol. The lowest BCUT2D eigenvalue weighted by atomic mass is 10.1. The number of aromatic nitrogens is 3. The van der Waals surface area contributed by atoms with Crippen molar-refractivity contribution in [3.63, 3.8) is 0 Å². The Morgan fingerprint density at radius 2 is 2.12 bits per heavy atom. The van der Waals surface area contributed by atoms with E-state index in [0.717, 1.165) is 15.7 Å². The van der Waals surface area contributed by atoms with Crippen LogP contribution in [0.1, 0.15) is 5.69 Å². The molecule has 17 heavy (non-hydrogen) atoms. The SMILES string of the molecule is C=CCn1nnc(C#N)c1-c1ccc(Br)cc1. The first kappa shape index (κ1) is 11.6. The van der Waals surface area contributed by atoms with E-state index in [9.17, 15) is 0 Å². The van der Waals surface area contributed by atoms with E-state index in [0.29, 0.717) is 12.2 Å². The summed E-state index contributed by atoms with van der Waals surface area (Å²) in [6.45, 7) is 4.19. The van der Waals surface area contributed by atoms with Crippen LogP contribution in [0.4, 0.5) is 0 Å². The lowest BCUT2D eigenvalue weighted by Gasteiger charge is -2.04. The van der Waals surface area contributed by atoms with Crippen molar-refractivity contribution in [1.82, 2.24) is 15.0 Å². The zero-order chi connectivity index (χ0) is 12.3. The zero-order valence-electron chi connectivity index (χ0n) is 8.97. The van der Waals surface area contributed by atoms with Gasteiger partial charge < -0.3 is 0 Å². The maximum atomic E-state index is 9.01. The highest BCUT2D eigenvalue weighted by molar-refractivity contribution is 9.10. The quantitative estimate of drug-likeness (QED) is 0.816. The number of nitriles is 1. The largest absolute Gasteiger partial charge is 0.239 e. The Labute approximate surface area is 107 Å². The number of halogens is 1. The minimum Gasteiger partial charge on any atom is -0.239 e. The molecule has 2 rings (SSSR count). The van der Waals surface area contributed by atoms with Gasteiger partial charge in [0, 0.05) is 10.0 Å². The van der Waals surface area contributed by atoms with Crippen LogP contribution >= 0.6 is 15.9 Å². The van der Waals surface area contributed by atoms with Gasteiger partial charge in [-0.2, -0.15) is 5.26 Å². The maximum Gasteiger partial charge on any atom is 0.190 e. The summed E-state index contributed by atoms with van der Waals surface area (Å²) in [6.07, 6.45) is 1.72. The summed E-state index contributed by atoms with van der Waals surface area (Å²) in [6, 6.07) is 9.72. The van der Waals surface area contributed by atoms with E-state index in [2.05, 4.69) is 32.8 Å². The van der Waals surface area contributed by atoms with Crippen LogP contribution < -0.4 is 0 Å². The zero-order valence-corrected chi connectivity index (χ0v) is 10.6. The Morgan fingerprint density at radius 3 is 2.71 bits per heavy atom. The van der Waals surface area contributed by atoms with Gasteiger partial charge in [-0.05, 0) is 12.1 Å². The molecule has 0 unspecified atom stereocenters. The van der Waals surface area contributed by atoms with Crippen LogP contribution in [0.2, 0.25) is 0 Å². The molecular weight excluding hydrogens is 280 g/mol. The summed E-state index contributed by atoms with van der Waals surface area (Å²) in [5.74, 6) is 0. The second-order valence-corrected chi connectivity index (χ2v) is 4.29. The molecule has 0 amide bonds. The van der Waals surface area contributed by atoms with E-state index in [1.165, 1.54) is 0 Å². The first-order valence-corrected chi connectivity index (χ1v) is 5.76. The van der Waals surface area contributed by atoms with Crippen molar-refractivity contribution in [2.24, 2.45) is 0 Å². The van der Waals surface area contributed by atoms with Crippen molar-refractivity contribution in [1.29, 1.82) is 5.26 Å². The topological polar surface area (TPSA) is 54.5 Å². The van der Waals surface area contributed by atoms with Gasteiger partial charge in [-0.1, -0.05) is 39.4 Å². The fraction of sp³-hybridized carbons (Fsp3) is 0.0833. The van der Waals surface area contributed by atoms with Crippen molar-refractivity contribution >= 4 is 15.9 Å². The van der Waals surface area contributed by atoms with Crippen LogP contribution in [-0.4, -0.2) is 15.0 Å². The number of allylic oxidation sites excluding steroid dienone is 1. The molecular formula is C12H9BrN4. The Kier molecular flexibility index (Phi) is 3.35. The number of rotatable bonds is 3. The number of benzene rings is 1. The average Bonchev–Trinajstić information content (AvgIpc) is 2.74. The van der Waals surface area contributed by atoms with Crippen LogP contribution in [0.3, 0.4) is 0 Å². The summed E-state index contributed by atoms with van der Waals surface area (Å²) < 4.78 is 2.65. The number of hydrogen-bond donors (Lipinski definition) is 0. The third kappa shape index (κ3) is 2.27. The molecule has 0 aliphatic heterocycles. The fourth-order valence-corrected chi connectivity index (χ4v) is 1.80. The Hall–Kier alpha value is -1.93. The summed E-state index contributed by atoms with van der Waals surface area (Å²) >= 11 is 3.37. The molecule has 0 aliphatic rings. The minimum atomic E-state index is 0.328. The third-order valence-electron chi connectivity index (χ3n) is 2.26. The Morgan fingerprint density at radius 1 is 1.41 bits per heavy atom. The predicted octanol–water partition coefficient (Wildman–Crippen LogP) is 2.77. The van der Waals surface area contributed by atoms with E-state index in [1.807, 2.05) is 30.3 Å². The van der Waals surface area contributed by atoms with E-state index in [1.54, 1.807) is 10.8 Å². The van der Waals surface area contributed by atoms with Crippen molar-refractivity contribution in [2.45, 2.75) is 6.54 Å². The molecule has 1 aromatic carbocycles. The molecule has 4 nitrogen and oxygen atoms in total. The van der Waals surface area contributed by atoms with Gasteiger partial charge >= 0.3 is 0 Å². The highest BCUT2D eigenvalue weighted by atomic mass is 79.9. The van der Waals surface area contributed by atoms with Gasteiger partial charge in [0.15, 0.2) is 5.69 Å². The summed E-state index contributed by atoms with van der Waals surface area (Å²) in [5, 5.41) is 16.8. The van der Waals surface area contributed by atoms with E-state index in [-0.39, 0.29) is 0 Å². The highest BCUT2D eigenvalue weighted by Gasteiger charge is 2.13. The van der Waals surface area contributed by atoms with Crippen molar-refractivity contribution in [2.75, 3.05) is 0 Å². The molecule has 0 radical (unpaired) electrons. The molecule has 5 heteroatoms. The normalized spacial score (nSPS) is 9.88. The van der Waals surface area contributed by atoms with Crippen LogP contribution in [0.25, 0.3) is 11.3 Å². The molecule has 2 aromatic rings. The van der Waals surface area contributed by atoms with Gasteiger partial charge in [0.1, 0.15) is 11.8 Å². The third-order valence-corrected chi connectivity index (χ3v) is 2.79. The van der Waals surface area contributed by atoms with Crippen LogP contribution in [0.5, 0.6) is 0 Å². The summed E-state index contributed by atoms with van der Waals surface area (Å²) in [5.41, 5.74) is 1.96. The molecule has 0 bridgehead atoms. The summed E-state index contributed by atoms with van der Waals surface area (Å²) in [7, 11) is 0. The van der Waals surface area contributed by atoms with E-state index >= 15 is 0 Å². The van der Waals surface area contributed by atoms with Gasteiger partial charge in [-0.3, -0.25) is 0 Å². The van der Waals surface area contributed by atoms with Crippen LogP contribution in [-0.2, 0) is 6.54 Å². The number of nitrogens with zero attached hydrogens (tertiary/aromatic N) is 4. The Balaban J connectivity index is 2.56. The van der Waals surface area contributed by atoms with Gasteiger partial charge in [0.25, 0.3) is 0 Å². The maximum absolute atomic E-state index is 9.01. The lowest BCUT2D eigenvalue weighted by molar-refractivity contribution is 0.668. The lowest BCUT2D eigenvalue weighted by Crippen LogP contribution is -2.00. The highest BCUT2D eigenvalue weighted by Crippen LogP contribution is 2.23. The van der Waals surface area contributed by atoms with Gasteiger partial charge in [0.2, 0.25) is 0 Å². The average molecular weight is 289 g/mol. The van der Waals surface area contributed by atoms with Crippen molar-refractivity contribution in [3.8, 4) is 17.3 Å². The second kappa shape index (κ2) is 4.93. The van der Waals surface area contributed by atoms with E-state index in [4.69, 9.17) is 5.26 Å². The van der Waals surface area contributed by atoms with Crippen LogP contribution in [0, 0.1) is 11.3 Å². The first-order valence-electron chi connectivity index (χ1n) is 4.96. The monoisotopic (exact) mass is 288 g/mol. The van der Waals surface area contributed by atoms with Crippen molar-refractivity contribution < 1.29 is 0 Å². The van der Waals surface area contributed by atoms with E-state index < -0.39 is 0 Å². The molecule has 84 valence electrons. The summed E-state index contributed by atoms with van der Waals surface area (Å²) in [4.78, 5) is 0. The second-order valence-electron chi connectivity index (χ2n) is 3.38. The molecule has 0 spiro atoms. The van der Waals surface area contributed by atoms with Gasteiger partial charge in [-0.25, -0.2) is 4.68 Å². The Bertz CT molecular complexity index is 578. The molecule has 0 N–H and O–H groups in total. The molecule has 0 fully saturated rings. The molecule has 0 saturated carbocycles. The molecule has 1 aromatic heterocycles. The molecule has 0 saturated heterocycles. The first-order chi connectivity index (χ1) is 8.26.